The van der Waals surface area contributed by atoms with Gasteiger partial charge in [-0.2, -0.15) is 0 Å². The van der Waals surface area contributed by atoms with Crippen LogP contribution in [0.3, 0.4) is 0 Å². The number of hydrogen-bond donors (Lipinski definition) is 1. The van der Waals surface area contributed by atoms with E-state index in [1.54, 1.807) is 37.4 Å². The third-order valence-electron chi connectivity index (χ3n) is 3.65. The van der Waals surface area contributed by atoms with E-state index in [0.717, 1.165) is 11.1 Å². The topological polar surface area (TPSA) is 83.1 Å². The molecule has 0 bridgehead atoms. The fourth-order valence-electron chi connectivity index (χ4n) is 2.06. The Bertz CT molecular complexity index is 785. The molecule has 0 saturated heterocycles. The summed E-state index contributed by atoms with van der Waals surface area (Å²) in [6.07, 6.45) is 0. The molecule has 2 aromatic carbocycles. The third-order valence-corrected chi connectivity index (χ3v) is 3.65. The van der Waals surface area contributed by atoms with Gasteiger partial charge in [0.1, 0.15) is 0 Å². The molecule has 0 fully saturated rings. The fraction of sp³-hybridized carbons (Fsp3) is 0.222. The van der Waals surface area contributed by atoms with Gasteiger partial charge in [0.05, 0.1) is 19.8 Å². The number of amidine groups is 1. The van der Waals surface area contributed by atoms with Crippen molar-refractivity contribution in [2.24, 2.45) is 10.9 Å². The Morgan fingerprint density at radius 1 is 0.917 bits per heavy atom. The minimum atomic E-state index is -0.568. The number of aryl methyl sites for hydroxylation is 2. The number of carbonyl (C=O) groups excluding carboxylic acids is 1. The monoisotopic (exact) mass is 328 g/mol. The quantitative estimate of drug-likeness (QED) is 0.395. The summed E-state index contributed by atoms with van der Waals surface area (Å²) in [5.74, 6) is 0.574. The van der Waals surface area contributed by atoms with Crippen LogP contribution in [-0.2, 0) is 4.84 Å². The molecule has 0 atom stereocenters. The average molecular weight is 328 g/mol. The van der Waals surface area contributed by atoms with Crippen LogP contribution in [0.25, 0.3) is 0 Å². The zero-order chi connectivity index (χ0) is 17.7. The Kier molecular flexibility index (Phi) is 5.42. The van der Waals surface area contributed by atoms with Gasteiger partial charge in [-0.3, -0.25) is 0 Å². The van der Waals surface area contributed by atoms with Crippen molar-refractivity contribution in [2.75, 3.05) is 14.2 Å². The number of hydrogen-bond acceptors (Lipinski definition) is 5. The lowest BCUT2D eigenvalue weighted by molar-refractivity contribution is 0.0516. The van der Waals surface area contributed by atoms with Crippen molar-refractivity contribution >= 4 is 11.8 Å². The fourth-order valence-corrected chi connectivity index (χ4v) is 2.06. The molecular weight excluding hydrogens is 308 g/mol. The van der Waals surface area contributed by atoms with Gasteiger partial charge in [0.2, 0.25) is 0 Å². The minimum absolute atomic E-state index is 0.0631. The van der Waals surface area contributed by atoms with Crippen molar-refractivity contribution in [3.63, 3.8) is 0 Å². The maximum absolute atomic E-state index is 12.0. The predicted molar refractivity (Wildman–Crippen MR) is 91.6 cm³/mol. The van der Waals surface area contributed by atoms with Crippen LogP contribution in [-0.4, -0.2) is 26.0 Å². The van der Waals surface area contributed by atoms with Gasteiger partial charge in [0, 0.05) is 5.56 Å². The number of methoxy groups -OCH3 is 2. The van der Waals surface area contributed by atoms with Crippen molar-refractivity contribution in [3.8, 4) is 11.5 Å². The van der Waals surface area contributed by atoms with Crippen molar-refractivity contribution in [1.82, 2.24) is 0 Å². The number of rotatable bonds is 5. The summed E-state index contributed by atoms with van der Waals surface area (Å²) in [5, 5.41) is 3.70. The Hall–Kier alpha value is -3.02. The van der Waals surface area contributed by atoms with Crippen LogP contribution >= 0.6 is 0 Å². The minimum Gasteiger partial charge on any atom is -0.493 e. The van der Waals surface area contributed by atoms with Crippen LogP contribution in [0.1, 0.15) is 27.0 Å². The summed E-state index contributed by atoms with van der Waals surface area (Å²) in [4.78, 5) is 17.0. The summed E-state index contributed by atoms with van der Waals surface area (Å²) < 4.78 is 10.4. The molecule has 0 aliphatic rings. The van der Waals surface area contributed by atoms with E-state index in [-0.39, 0.29) is 5.84 Å². The first-order valence-electron chi connectivity index (χ1n) is 7.30. The zero-order valence-electron chi connectivity index (χ0n) is 14.1. The van der Waals surface area contributed by atoms with Gasteiger partial charge in [-0.05, 0) is 55.3 Å². The largest absolute Gasteiger partial charge is 0.493 e. The summed E-state index contributed by atoms with van der Waals surface area (Å²) in [5.41, 5.74) is 8.94. The Labute approximate surface area is 140 Å². The molecule has 24 heavy (non-hydrogen) atoms. The molecule has 2 N–H and O–H groups in total. The standard InChI is InChI=1S/C18H20N2O4/c1-11-5-6-14(9-12(11)2)18(21)24-20-17(19)13-7-8-15(22-3)16(10-13)23-4/h5-10H,1-4H3,(H2,19,20). The average Bonchev–Trinajstić information content (AvgIpc) is 2.60. The van der Waals surface area contributed by atoms with Crippen LogP contribution in [0.5, 0.6) is 11.5 Å². The highest BCUT2D eigenvalue weighted by Crippen LogP contribution is 2.27. The first-order valence-corrected chi connectivity index (χ1v) is 7.30. The summed E-state index contributed by atoms with van der Waals surface area (Å²) in [7, 11) is 3.06. The first-order chi connectivity index (χ1) is 11.5. The van der Waals surface area contributed by atoms with E-state index in [9.17, 15) is 4.79 Å². The van der Waals surface area contributed by atoms with Gasteiger partial charge in [0.15, 0.2) is 17.3 Å². The number of nitrogens with two attached hydrogens (primary N) is 1. The number of oxime groups is 1. The number of nitrogens with zero attached hydrogens (tertiary/aromatic N) is 1. The molecular formula is C18H20N2O4. The second-order valence-corrected chi connectivity index (χ2v) is 5.22. The Morgan fingerprint density at radius 3 is 2.21 bits per heavy atom. The highest BCUT2D eigenvalue weighted by molar-refractivity contribution is 5.98. The summed E-state index contributed by atoms with van der Waals surface area (Å²) >= 11 is 0. The molecule has 0 saturated carbocycles. The molecule has 0 aromatic heterocycles. The van der Waals surface area contributed by atoms with E-state index in [1.807, 2.05) is 19.9 Å². The Morgan fingerprint density at radius 2 is 1.58 bits per heavy atom. The molecule has 0 spiro atoms. The van der Waals surface area contributed by atoms with Gasteiger partial charge >= 0.3 is 5.97 Å². The maximum atomic E-state index is 12.0. The smallest absolute Gasteiger partial charge is 0.365 e. The number of ether oxygens (including phenoxy) is 2. The van der Waals surface area contributed by atoms with Crippen molar-refractivity contribution in [3.05, 3.63) is 58.7 Å². The van der Waals surface area contributed by atoms with Crippen LogP contribution in [0.2, 0.25) is 0 Å². The lowest BCUT2D eigenvalue weighted by Gasteiger charge is -2.09. The summed E-state index contributed by atoms with van der Waals surface area (Å²) in [6, 6.07) is 10.3. The number of benzene rings is 2. The van der Waals surface area contributed by atoms with Gasteiger partial charge in [-0.1, -0.05) is 11.2 Å². The third kappa shape index (κ3) is 3.84. The van der Waals surface area contributed by atoms with E-state index in [2.05, 4.69) is 5.16 Å². The van der Waals surface area contributed by atoms with Crippen molar-refractivity contribution < 1.29 is 19.1 Å². The molecule has 0 unspecified atom stereocenters. The van der Waals surface area contributed by atoms with Gasteiger partial charge in [0.25, 0.3) is 0 Å². The molecule has 0 aliphatic heterocycles. The molecule has 0 radical (unpaired) electrons. The molecule has 126 valence electrons. The molecule has 0 heterocycles. The van der Waals surface area contributed by atoms with Crippen molar-refractivity contribution in [1.29, 1.82) is 0 Å². The van der Waals surface area contributed by atoms with Gasteiger partial charge < -0.3 is 20.0 Å². The molecule has 6 heteroatoms. The van der Waals surface area contributed by atoms with E-state index < -0.39 is 5.97 Å². The van der Waals surface area contributed by atoms with Gasteiger partial charge in [-0.25, -0.2) is 4.79 Å². The normalized spacial score (nSPS) is 11.1. The van der Waals surface area contributed by atoms with E-state index in [1.165, 1.54) is 7.11 Å². The summed E-state index contributed by atoms with van der Waals surface area (Å²) in [6.45, 7) is 3.89. The van der Waals surface area contributed by atoms with Gasteiger partial charge in [-0.15, -0.1) is 0 Å². The second kappa shape index (κ2) is 7.50. The molecule has 0 aliphatic carbocycles. The Balaban J connectivity index is 2.16. The van der Waals surface area contributed by atoms with Crippen LogP contribution < -0.4 is 15.2 Å². The van der Waals surface area contributed by atoms with Crippen LogP contribution in [0, 0.1) is 13.8 Å². The number of carbonyl (C=O) groups is 1. The van der Waals surface area contributed by atoms with Crippen LogP contribution in [0.15, 0.2) is 41.6 Å². The molecule has 6 nitrogen and oxygen atoms in total. The van der Waals surface area contributed by atoms with E-state index in [4.69, 9.17) is 20.0 Å². The van der Waals surface area contributed by atoms with Crippen molar-refractivity contribution in [2.45, 2.75) is 13.8 Å². The van der Waals surface area contributed by atoms with Crippen LogP contribution in [0.4, 0.5) is 0 Å². The maximum Gasteiger partial charge on any atom is 0.365 e. The highest BCUT2D eigenvalue weighted by Gasteiger charge is 2.11. The molecule has 2 rings (SSSR count). The van der Waals surface area contributed by atoms with E-state index >= 15 is 0 Å². The molecule has 2 aromatic rings. The predicted octanol–water partition coefficient (Wildman–Crippen LogP) is 2.80. The highest BCUT2D eigenvalue weighted by atomic mass is 16.7. The molecule has 0 amide bonds. The lowest BCUT2D eigenvalue weighted by atomic mass is 10.1. The zero-order valence-corrected chi connectivity index (χ0v) is 14.1. The van der Waals surface area contributed by atoms with E-state index in [0.29, 0.717) is 22.6 Å². The lowest BCUT2D eigenvalue weighted by Crippen LogP contribution is -2.15. The second-order valence-electron chi connectivity index (χ2n) is 5.22. The first kappa shape index (κ1) is 17.3. The SMILES string of the molecule is COc1ccc(C(N)=NOC(=O)c2ccc(C)c(C)c2)cc1OC.